The van der Waals surface area contributed by atoms with Crippen molar-refractivity contribution in [2.45, 2.75) is 26.2 Å². The highest BCUT2D eigenvalue weighted by molar-refractivity contribution is 5.58. The van der Waals surface area contributed by atoms with Crippen LogP contribution in [-0.4, -0.2) is 28.0 Å². The number of anilines is 3. The molecule has 0 fully saturated rings. The summed E-state index contributed by atoms with van der Waals surface area (Å²) in [7, 11) is 0. The Morgan fingerprint density at radius 2 is 2.12 bits per heavy atom. The Balaban J connectivity index is 2.17. The van der Waals surface area contributed by atoms with Gasteiger partial charge >= 0.3 is 0 Å². The zero-order valence-corrected chi connectivity index (χ0v) is 13.6. The average molecular weight is 328 g/mol. The van der Waals surface area contributed by atoms with Gasteiger partial charge in [-0.25, -0.2) is 9.97 Å². The van der Waals surface area contributed by atoms with Crippen molar-refractivity contribution in [1.82, 2.24) is 15.0 Å². The number of hydrogen-bond acceptors (Lipinski definition) is 6. The lowest BCUT2D eigenvalue weighted by molar-refractivity contribution is 0.584. The summed E-state index contributed by atoms with van der Waals surface area (Å²) in [5.74, 6) is 6.68. The molecular weight excluding hydrogens is 307 g/mol. The molecule has 2 rings (SSSR count). The zero-order valence-electron chi connectivity index (χ0n) is 13.6. The third kappa shape index (κ3) is 5.48. The van der Waals surface area contributed by atoms with Crippen LogP contribution in [0.25, 0.3) is 0 Å². The number of nitrogens with zero attached hydrogens (tertiary/aromatic N) is 3. The van der Waals surface area contributed by atoms with Crippen LogP contribution in [0.3, 0.4) is 0 Å². The number of hydrogen-bond donors (Lipinski definition) is 3. The summed E-state index contributed by atoms with van der Waals surface area (Å²) in [5, 5.41) is 6.24. The van der Waals surface area contributed by atoms with Crippen LogP contribution in [0.1, 0.15) is 31.7 Å². The number of nitrogens with two attached hydrogens (primary N) is 1. The number of aromatic nitrogens is 3. The largest absolute Gasteiger partial charge is 0.369 e. The number of nitrogens with one attached hydrogen (secondary N) is 2. The Morgan fingerprint density at radius 1 is 1.25 bits per heavy atom. The van der Waals surface area contributed by atoms with E-state index < -0.39 is 5.95 Å². The van der Waals surface area contributed by atoms with Crippen molar-refractivity contribution in [3.63, 3.8) is 0 Å². The van der Waals surface area contributed by atoms with E-state index in [0.717, 1.165) is 31.4 Å². The molecular formula is C17H21FN6. The van der Waals surface area contributed by atoms with Crippen molar-refractivity contribution < 1.29 is 4.39 Å². The van der Waals surface area contributed by atoms with Gasteiger partial charge in [-0.1, -0.05) is 18.8 Å². The van der Waals surface area contributed by atoms with Gasteiger partial charge in [0.2, 0.25) is 11.9 Å². The molecule has 7 heteroatoms. The molecule has 0 amide bonds. The fourth-order valence-corrected chi connectivity index (χ4v) is 1.84. The number of pyridine rings is 1. The van der Waals surface area contributed by atoms with Gasteiger partial charge < -0.3 is 16.4 Å². The SMILES string of the molecule is CCCNc1nc(Nc2ccc(F)nc2)ncc1C#CCCCN. The van der Waals surface area contributed by atoms with E-state index in [1.165, 1.54) is 12.3 Å². The molecule has 0 spiro atoms. The molecule has 0 aliphatic carbocycles. The van der Waals surface area contributed by atoms with E-state index in [1.807, 2.05) is 0 Å². The Morgan fingerprint density at radius 3 is 2.83 bits per heavy atom. The number of halogens is 1. The van der Waals surface area contributed by atoms with Crippen molar-refractivity contribution in [2.75, 3.05) is 23.7 Å². The molecule has 2 aromatic rings. The fraction of sp³-hybridized carbons (Fsp3) is 0.353. The maximum absolute atomic E-state index is 12.9. The third-order valence-corrected chi connectivity index (χ3v) is 3.04. The maximum atomic E-state index is 12.9. The van der Waals surface area contributed by atoms with E-state index in [0.29, 0.717) is 24.0 Å². The second kappa shape index (κ2) is 9.43. The molecule has 0 unspecified atom stereocenters. The smallest absolute Gasteiger partial charge is 0.229 e. The van der Waals surface area contributed by atoms with E-state index in [4.69, 9.17) is 5.73 Å². The van der Waals surface area contributed by atoms with Crippen LogP contribution >= 0.6 is 0 Å². The van der Waals surface area contributed by atoms with Crippen LogP contribution in [0.2, 0.25) is 0 Å². The fourth-order valence-electron chi connectivity index (χ4n) is 1.84. The minimum Gasteiger partial charge on any atom is -0.369 e. The molecule has 2 aromatic heterocycles. The molecule has 0 aliphatic heterocycles. The lowest BCUT2D eigenvalue weighted by Crippen LogP contribution is -2.07. The van der Waals surface area contributed by atoms with E-state index in [-0.39, 0.29) is 0 Å². The topological polar surface area (TPSA) is 88.8 Å². The van der Waals surface area contributed by atoms with Gasteiger partial charge in [0.1, 0.15) is 5.82 Å². The van der Waals surface area contributed by atoms with Gasteiger partial charge in [-0.15, -0.1) is 0 Å². The molecule has 0 saturated heterocycles. The summed E-state index contributed by atoms with van der Waals surface area (Å²) < 4.78 is 12.9. The van der Waals surface area contributed by atoms with Gasteiger partial charge in [0.15, 0.2) is 0 Å². The summed E-state index contributed by atoms with van der Waals surface area (Å²) in [6.07, 6.45) is 5.63. The first-order valence-corrected chi connectivity index (χ1v) is 7.91. The van der Waals surface area contributed by atoms with Gasteiger partial charge in [0, 0.05) is 13.0 Å². The lowest BCUT2D eigenvalue weighted by Gasteiger charge is -2.09. The first-order chi connectivity index (χ1) is 11.7. The van der Waals surface area contributed by atoms with Crippen LogP contribution in [-0.2, 0) is 0 Å². The van der Waals surface area contributed by atoms with Gasteiger partial charge in [0.05, 0.1) is 23.6 Å². The first kappa shape index (κ1) is 17.6. The van der Waals surface area contributed by atoms with Crippen LogP contribution in [0, 0.1) is 17.8 Å². The highest BCUT2D eigenvalue weighted by atomic mass is 19.1. The zero-order chi connectivity index (χ0) is 17.2. The predicted octanol–water partition coefficient (Wildman–Crippen LogP) is 2.67. The average Bonchev–Trinajstić information content (AvgIpc) is 2.60. The summed E-state index contributed by atoms with van der Waals surface area (Å²) >= 11 is 0. The number of rotatable bonds is 7. The van der Waals surface area contributed by atoms with E-state index >= 15 is 0 Å². The predicted molar refractivity (Wildman–Crippen MR) is 93.5 cm³/mol. The molecule has 126 valence electrons. The lowest BCUT2D eigenvalue weighted by atomic mass is 10.2. The Labute approximate surface area is 141 Å². The van der Waals surface area contributed by atoms with Crippen LogP contribution in [0.5, 0.6) is 0 Å². The van der Waals surface area contributed by atoms with Gasteiger partial charge in [-0.3, -0.25) is 0 Å². The summed E-state index contributed by atoms with van der Waals surface area (Å²) in [6.45, 7) is 3.48. The monoisotopic (exact) mass is 328 g/mol. The highest BCUT2D eigenvalue weighted by Crippen LogP contribution is 2.16. The van der Waals surface area contributed by atoms with Crippen molar-refractivity contribution in [2.24, 2.45) is 5.73 Å². The van der Waals surface area contributed by atoms with Crippen molar-refractivity contribution in [3.05, 3.63) is 36.0 Å². The molecule has 0 bridgehead atoms. The summed E-state index contributed by atoms with van der Waals surface area (Å²) in [6, 6.07) is 2.85. The molecule has 6 nitrogen and oxygen atoms in total. The molecule has 0 saturated carbocycles. The molecule has 0 atom stereocenters. The van der Waals surface area contributed by atoms with Crippen LogP contribution in [0.4, 0.5) is 21.8 Å². The summed E-state index contributed by atoms with van der Waals surface area (Å²) in [5.41, 5.74) is 6.81. The van der Waals surface area contributed by atoms with Crippen LogP contribution < -0.4 is 16.4 Å². The molecule has 4 N–H and O–H groups in total. The molecule has 0 radical (unpaired) electrons. The first-order valence-electron chi connectivity index (χ1n) is 7.91. The maximum Gasteiger partial charge on any atom is 0.229 e. The summed E-state index contributed by atoms with van der Waals surface area (Å²) in [4.78, 5) is 12.3. The van der Waals surface area contributed by atoms with Gasteiger partial charge in [0.25, 0.3) is 0 Å². The van der Waals surface area contributed by atoms with Crippen molar-refractivity contribution in [3.8, 4) is 11.8 Å². The van der Waals surface area contributed by atoms with E-state index in [2.05, 4.69) is 44.4 Å². The minimum absolute atomic E-state index is 0.398. The standard InChI is InChI=1S/C17H21FN6/c1-2-10-20-16-13(6-4-3-5-9-19)11-22-17(24-16)23-14-7-8-15(18)21-12-14/h7-8,11-12H,2-3,5,9-10,19H2,1H3,(H2,20,22,23,24). The number of unbranched alkanes of at least 4 members (excludes halogenated alkanes) is 1. The van der Waals surface area contributed by atoms with Crippen LogP contribution in [0.15, 0.2) is 24.5 Å². The second-order valence-electron chi connectivity index (χ2n) is 5.07. The molecule has 24 heavy (non-hydrogen) atoms. The molecule has 0 aromatic carbocycles. The van der Waals surface area contributed by atoms with Crippen molar-refractivity contribution >= 4 is 17.5 Å². The highest BCUT2D eigenvalue weighted by Gasteiger charge is 2.06. The van der Waals surface area contributed by atoms with E-state index in [9.17, 15) is 4.39 Å². The quantitative estimate of drug-likeness (QED) is 0.411. The normalized spacial score (nSPS) is 9.96. The Hall–Kier alpha value is -2.72. The Kier molecular flexibility index (Phi) is 6.92. The van der Waals surface area contributed by atoms with Gasteiger partial charge in [-0.05, 0) is 31.5 Å². The molecule has 0 aliphatic rings. The van der Waals surface area contributed by atoms with Crippen molar-refractivity contribution in [1.29, 1.82) is 0 Å². The third-order valence-electron chi connectivity index (χ3n) is 3.04. The Bertz CT molecular complexity index is 705. The molecule has 2 heterocycles. The van der Waals surface area contributed by atoms with E-state index in [1.54, 1.807) is 12.3 Å². The second-order valence-corrected chi connectivity index (χ2v) is 5.07. The minimum atomic E-state index is -0.533. The van der Waals surface area contributed by atoms with Gasteiger partial charge in [-0.2, -0.15) is 9.37 Å².